The number of hydrogen-bond donors (Lipinski definition) is 2. The predicted octanol–water partition coefficient (Wildman–Crippen LogP) is -0.0660. The van der Waals surface area contributed by atoms with E-state index < -0.39 is 0 Å². The van der Waals surface area contributed by atoms with Gasteiger partial charge < -0.3 is 0 Å². The molecule has 0 amide bonds. The molecule has 1 heterocycles. The van der Waals surface area contributed by atoms with Crippen LogP contribution in [-0.4, -0.2) is 30.6 Å². The van der Waals surface area contributed by atoms with Gasteiger partial charge in [0.05, 0.1) is 0 Å². The van der Waals surface area contributed by atoms with Gasteiger partial charge in [0.25, 0.3) is 0 Å². The average Bonchev–Trinajstić information content (AvgIpc) is 2.36. The van der Waals surface area contributed by atoms with Crippen molar-refractivity contribution in [2.24, 2.45) is 5.84 Å². The second-order valence-corrected chi connectivity index (χ2v) is 2.83. The molecular formula is C7H17N3. The molecule has 0 aliphatic carbocycles. The van der Waals surface area contributed by atoms with Gasteiger partial charge in [-0.2, -0.15) is 0 Å². The van der Waals surface area contributed by atoms with Crippen molar-refractivity contribution in [1.82, 2.24) is 10.3 Å². The van der Waals surface area contributed by atoms with Gasteiger partial charge in [-0.05, 0) is 25.9 Å². The summed E-state index contributed by atoms with van der Waals surface area (Å²) in [6.07, 6.45) is 2.64. The van der Waals surface area contributed by atoms with Crippen LogP contribution >= 0.6 is 0 Å². The summed E-state index contributed by atoms with van der Waals surface area (Å²) < 4.78 is 0. The molecule has 1 fully saturated rings. The maximum absolute atomic E-state index is 5.25. The summed E-state index contributed by atoms with van der Waals surface area (Å²) in [7, 11) is 0. The molecule has 1 aliphatic rings. The highest BCUT2D eigenvalue weighted by Crippen LogP contribution is 2.14. The third-order valence-electron chi connectivity index (χ3n) is 2.26. The number of hydrogen-bond acceptors (Lipinski definition) is 3. The van der Waals surface area contributed by atoms with Gasteiger partial charge in [0.15, 0.2) is 0 Å². The molecule has 0 aromatic carbocycles. The summed E-state index contributed by atoms with van der Waals surface area (Å²) in [6.45, 7) is 5.55. The second kappa shape index (κ2) is 3.91. The van der Waals surface area contributed by atoms with E-state index in [-0.39, 0.29) is 0 Å². The van der Waals surface area contributed by atoms with E-state index in [0.717, 1.165) is 13.1 Å². The van der Waals surface area contributed by atoms with Crippen LogP contribution in [0.1, 0.15) is 19.8 Å². The first-order valence-corrected chi connectivity index (χ1v) is 4.06. The van der Waals surface area contributed by atoms with Crippen LogP contribution in [-0.2, 0) is 0 Å². The molecule has 0 spiro atoms. The molecule has 1 saturated heterocycles. The summed E-state index contributed by atoms with van der Waals surface area (Å²) >= 11 is 0. The molecule has 0 aromatic rings. The molecule has 1 rings (SSSR count). The van der Waals surface area contributed by atoms with E-state index >= 15 is 0 Å². The summed E-state index contributed by atoms with van der Waals surface area (Å²) in [6, 6.07) is 0.690. The van der Waals surface area contributed by atoms with E-state index in [4.69, 9.17) is 5.84 Å². The van der Waals surface area contributed by atoms with Crippen LogP contribution < -0.4 is 11.3 Å². The minimum atomic E-state index is 0.690. The van der Waals surface area contributed by atoms with E-state index in [0.29, 0.717) is 6.04 Å². The van der Waals surface area contributed by atoms with Gasteiger partial charge in [-0.15, -0.1) is 0 Å². The molecule has 3 nitrogen and oxygen atoms in total. The smallest absolute Gasteiger partial charge is 0.0254 e. The van der Waals surface area contributed by atoms with Crippen LogP contribution in [0.2, 0.25) is 0 Å². The molecule has 1 aliphatic heterocycles. The van der Waals surface area contributed by atoms with E-state index in [2.05, 4.69) is 17.2 Å². The van der Waals surface area contributed by atoms with Crippen molar-refractivity contribution >= 4 is 0 Å². The van der Waals surface area contributed by atoms with Crippen molar-refractivity contribution in [3.05, 3.63) is 0 Å². The molecule has 1 unspecified atom stereocenters. The third kappa shape index (κ3) is 1.68. The van der Waals surface area contributed by atoms with Gasteiger partial charge in [0.1, 0.15) is 0 Å². The average molecular weight is 143 g/mol. The Morgan fingerprint density at radius 3 is 3.10 bits per heavy atom. The highest BCUT2D eigenvalue weighted by atomic mass is 15.3. The minimum Gasteiger partial charge on any atom is -0.299 e. The lowest BCUT2D eigenvalue weighted by Gasteiger charge is -2.21. The van der Waals surface area contributed by atoms with Crippen LogP contribution in [0.5, 0.6) is 0 Å². The second-order valence-electron chi connectivity index (χ2n) is 2.83. The van der Waals surface area contributed by atoms with Crippen LogP contribution in [0.4, 0.5) is 0 Å². The largest absolute Gasteiger partial charge is 0.299 e. The van der Waals surface area contributed by atoms with Crippen LogP contribution in [0.3, 0.4) is 0 Å². The molecule has 3 N–H and O–H groups in total. The van der Waals surface area contributed by atoms with Crippen LogP contribution in [0.25, 0.3) is 0 Å². The Morgan fingerprint density at radius 2 is 2.50 bits per heavy atom. The minimum absolute atomic E-state index is 0.690. The molecular weight excluding hydrogens is 126 g/mol. The summed E-state index contributed by atoms with van der Waals surface area (Å²) in [4.78, 5) is 2.47. The van der Waals surface area contributed by atoms with Crippen molar-refractivity contribution in [2.75, 3.05) is 19.6 Å². The lowest BCUT2D eigenvalue weighted by Crippen LogP contribution is -2.40. The van der Waals surface area contributed by atoms with E-state index in [9.17, 15) is 0 Å². The van der Waals surface area contributed by atoms with Gasteiger partial charge in [-0.3, -0.25) is 16.2 Å². The Kier molecular flexibility index (Phi) is 3.12. The maximum Gasteiger partial charge on any atom is 0.0254 e. The van der Waals surface area contributed by atoms with Crippen LogP contribution in [0, 0.1) is 0 Å². The normalized spacial score (nSPS) is 27.6. The molecule has 0 aromatic heterocycles. The van der Waals surface area contributed by atoms with E-state index in [1.54, 1.807) is 0 Å². The highest BCUT2D eigenvalue weighted by molar-refractivity contribution is 4.78. The monoisotopic (exact) mass is 143 g/mol. The van der Waals surface area contributed by atoms with Crippen molar-refractivity contribution in [1.29, 1.82) is 0 Å². The molecule has 10 heavy (non-hydrogen) atoms. The Hall–Kier alpha value is -0.120. The summed E-state index contributed by atoms with van der Waals surface area (Å²) in [5.74, 6) is 5.25. The zero-order chi connectivity index (χ0) is 7.40. The zero-order valence-electron chi connectivity index (χ0n) is 6.64. The van der Waals surface area contributed by atoms with E-state index in [1.165, 1.54) is 19.4 Å². The molecule has 0 radical (unpaired) electrons. The van der Waals surface area contributed by atoms with Crippen LogP contribution in [0.15, 0.2) is 0 Å². The molecule has 60 valence electrons. The zero-order valence-corrected chi connectivity index (χ0v) is 6.64. The lowest BCUT2D eigenvalue weighted by molar-refractivity contribution is 0.261. The van der Waals surface area contributed by atoms with Crippen molar-refractivity contribution in [3.8, 4) is 0 Å². The topological polar surface area (TPSA) is 41.3 Å². The van der Waals surface area contributed by atoms with Crippen molar-refractivity contribution in [3.63, 3.8) is 0 Å². The number of nitrogens with one attached hydrogen (secondary N) is 1. The quantitative estimate of drug-likeness (QED) is 0.429. The van der Waals surface area contributed by atoms with Gasteiger partial charge in [0, 0.05) is 12.6 Å². The fourth-order valence-corrected chi connectivity index (χ4v) is 1.68. The fourth-order valence-electron chi connectivity index (χ4n) is 1.68. The summed E-state index contributed by atoms with van der Waals surface area (Å²) in [5.41, 5.74) is 2.73. The first-order valence-electron chi connectivity index (χ1n) is 4.06. The fraction of sp³-hybridized carbons (Fsp3) is 1.00. The Bertz CT molecular complexity index is 94.9. The molecule has 0 bridgehead atoms. The van der Waals surface area contributed by atoms with Crippen molar-refractivity contribution < 1.29 is 0 Å². The van der Waals surface area contributed by atoms with Gasteiger partial charge in [-0.25, -0.2) is 0 Å². The van der Waals surface area contributed by atoms with Gasteiger partial charge in [-0.1, -0.05) is 6.92 Å². The summed E-state index contributed by atoms with van der Waals surface area (Å²) in [5, 5.41) is 0. The highest BCUT2D eigenvalue weighted by Gasteiger charge is 2.21. The number of rotatable bonds is 3. The Morgan fingerprint density at radius 1 is 1.70 bits per heavy atom. The third-order valence-corrected chi connectivity index (χ3v) is 2.26. The number of hydrazine groups is 1. The Labute approximate surface area is 62.5 Å². The first-order chi connectivity index (χ1) is 4.88. The first kappa shape index (κ1) is 7.98. The number of likely N-dealkylation sites (N-methyl/N-ethyl adjacent to an activating group) is 1. The SMILES string of the molecule is CCN1CCCC1CNN. The number of nitrogens with two attached hydrogens (primary N) is 1. The van der Waals surface area contributed by atoms with Crippen molar-refractivity contribution in [2.45, 2.75) is 25.8 Å². The van der Waals surface area contributed by atoms with Gasteiger partial charge in [0.2, 0.25) is 0 Å². The predicted molar refractivity (Wildman–Crippen MR) is 42.5 cm³/mol. The Balaban J connectivity index is 2.27. The molecule has 0 saturated carbocycles. The maximum atomic E-state index is 5.25. The standard InChI is InChI=1S/C7H17N3/c1-2-10-5-3-4-7(10)6-9-8/h7,9H,2-6,8H2,1H3. The van der Waals surface area contributed by atoms with Gasteiger partial charge >= 0.3 is 0 Å². The van der Waals surface area contributed by atoms with E-state index in [1.807, 2.05) is 0 Å². The molecule has 1 atom stereocenters. The molecule has 3 heteroatoms. The number of nitrogens with zero attached hydrogens (tertiary/aromatic N) is 1. The lowest BCUT2D eigenvalue weighted by atomic mass is 10.2. The number of likely N-dealkylation sites (tertiary alicyclic amines) is 1.